The Morgan fingerprint density at radius 3 is 2.78 bits per heavy atom. The van der Waals surface area contributed by atoms with Crippen LogP contribution in [0, 0.1) is 6.92 Å². The number of rotatable bonds is 2. The number of aryl methyl sites for hydroxylation is 1. The minimum Gasteiger partial charge on any atom is -0.384 e. The van der Waals surface area contributed by atoms with Crippen molar-refractivity contribution in [1.29, 1.82) is 0 Å². The SMILES string of the molecule is CNC(=O)Nc1cc(-c2noc(C)n2)cc(N)n1. The second kappa shape index (κ2) is 4.70. The summed E-state index contributed by atoms with van der Waals surface area (Å²) < 4.78 is 4.88. The predicted octanol–water partition coefficient (Wildman–Crippen LogP) is 0.774. The van der Waals surface area contributed by atoms with Crippen LogP contribution in [0.3, 0.4) is 0 Å². The second-order valence-electron chi connectivity index (χ2n) is 3.51. The van der Waals surface area contributed by atoms with E-state index in [1.807, 2.05) is 0 Å². The Labute approximate surface area is 103 Å². The molecule has 0 aliphatic carbocycles. The van der Waals surface area contributed by atoms with E-state index in [-0.39, 0.29) is 11.8 Å². The van der Waals surface area contributed by atoms with Crippen LogP contribution in [0.5, 0.6) is 0 Å². The highest BCUT2D eigenvalue weighted by atomic mass is 16.5. The molecule has 0 aliphatic rings. The van der Waals surface area contributed by atoms with Gasteiger partial charge in [0.2, 0.25) is 11.7 Å². The van der Waals surface area contributed by atoms with Crippen LogP contribution in [0.15, 0.2) is 16.7 Å². The number of amides is 2. The fraction of sp³-hybridized carbons (Fsp3) is 0.200. The number of nitrogens with two attached hydrogens (primary N) is 1. The van der Waals surface area contributed by atoms with Gasteiger partial charge in [0.25, 0.3) is 0 Å². The van der Waals surface area contributed by atoms with Gasteiger partial charge in [-0.15, -0.1) is 0 Å². The van der Waals surface area contributed by atoms with Gasteiger partial charge in [0.1, 0.15) is 11.6 Å². The van der Waals surface area contributed by atoms with E-state index in [1.54, 1.807) is 19.1 Å². The molecule has 2 rings (SSSR count). The number of aromatic nitrogens is 3. The smallest absolute Gasteiger partial charge is 0.320 e. The molecule has 0 spiro atoms. The number of nitrogen functional groups attached to an aromatic ring is 1. The van der Waals surface area contributed by atoms with Crippen molar-refractivity contribution in [2.24, 2.45) is 0 Å². The molecule has 0 atom stereocenters. The monoisotopic (exact) mass is 248 g/mol. The standard InChI is InChI=1S/C10H12N6O2/c1-5-13-9(16-18-5)6-3-7(11)14-8(4-6)15-10(17)12-2/h3-4H,1-2H3,(H4,11,12,14,15,17). The van der Waals surface area contributed by atoms with Crippen molar-refractivity contribution in [1.82, 2.24) is 20.4 Å². The highest BCUT2D eigenvalue weighted by Crippen LogP contribution is 2.21. The largest absolute Gasteiger partial charge is 0.384 e. The summed E-state index contributed by atoms with van der Waals surface area (Å²) in [6.45, 7) is 1.69. The molecule has 0 aliphatic heterocycles. The lowest BCUT2D eigenvalue weighted by molar-refractivity contribution is 0.254. The molecule has 4 N–H and O–H groups in total. The lowest BCUT2D eigenvalue weighted by Crippen LogP contribution is -2.25. The molecule has 2 aromatic heterocycles. The summed E-state index contributed by atoms with van der Waals surface area (Å²) in [5.74, 6) is 1.40. The van der Waals surface area contributed by atoms with Crippen LogP contribution in [0.4, 0.5) is 16.4 Å². The van der Waals surface area contributed by atoms with Gasteiger partial charge in [0.05, 0.1) is 0 Å². The molecule has 2 heterocycles. The van der Waals surface area contributed by atoms with Crippen LogP contribution in [0.25, 0.3) is 11.4 Å². The van der Waals surface area contributed by atoms with E-state index in [2.05, 4.69) is 25.8 Å². The van der Waals surface area contributed by atoms with Gasteiger partial charge in [-0.25, -0.2) is 9.78 Å². The lowest BCUT2D eigenvalue weighted by atomic mass is 10.2. The first-order valence-electron chi connectivity index (χ1n) is 5.15. The van der Waals surface area contributed by atoms with Crippen LogP contribution in [0.2, 0.25) is 0 Å². The number of pyridine rings is 1. The van der Waals surface area contributed by atoms with E-state index >= 15 is 0 Å². The zero-order chi connectivity index (χ0) is 13.1. The zero-order valence-corrected chi connectivity index (χ0v) is 9.89. The first-order chi connectivity index (χ1) is 8.58. The molecule has 0 saturated heterocycles. The van der Waals surface area contributed by atoms with Crippen molar-refractivity contribution in [3.05, 3.63) is 18.0 Å². The molecule has 8 nitrogen and oxygen atoms in total. The maximum absolute atomic E-state index is 11.2. The molecule has 0 aromatic carbocycles. The molecule has 2 amide bonds. The summed E-state index contributed by atoms with van der Waals surface area (Å²) in [6, 6.07) is 2.82. The maximum Gasteiger partial charge on any atom is 0.320 e. The molecular weight excluding hydrogens is 236 g/mol. The van der Waals surface area contributed by atoms with Crippen LogP contribution in [-0.4, -0.2) is 28.2 Å². The van der Waals surface area contributed by atoms with Gasteiger partial charge in [0.15, 0.2) is 0 Å². The highest BCUT2D eigenvalue weighted by molar-refractivity contribution is 5.88. The summed E-state index contributed by atoms with van der Waals surface area (Å²) in [5.41, 5.74) is 6.27. The Morgan fingerprint density at radius 2 is 2.17 bits per heavy atom. The first kappa shape index (κ1) is 11.8. The quantitative estimate of drug-likeness (QED) is 0.722. The van der Waals surface area contributed by atoms with Crippen molar-refractivity contribution in [2.75, 3.05) is 18.1 Å². The normalized spacial score (nSPS) is 10.1. The zero-order valence-electron chi connectivity index (χ0n) is 9.89. The Kier molecular flexibility index (Phi) is 3.09. The Bertz CT molecular complexity index is 579. The fourth-order valence-electron chi connectivity index (χ4n) is 1.34. The van der Waals surface area contributed by atoms with E-state index in [0.717, 1.165) is 0 Å². The minimum absolute atomic E-state index is 0.251. The Hall–Kier alpha value is -2.64. The van der Waals surface area contributed by atoms with Crippen molar-refractivity contribution in [2.45, 2.75) is 6.92 Å². The molecule has 0 unspecified atom stereocenters. The molecule has 8 heteroatoms. The van der Waals surface area contributed by atoms with Crippen LogP contribution in [-0.2, 0) is 0 Å². The third-order valence-corrected chi connectivity index (χ3v) is 2.10. The van der Waals surface area contributed by atoms with Gasteiger partial charge in [-0.3, -0.25) is 5.32 Å². The summed E-state index contributed by atoms with van der Waals surface area (Å²) in [4.78, 5) is 19.2. The number of nitrogens with zero attached hydrogens (tertiary/aromatic N) is 3. The van der Waals surface area contributed by atoms with Crippen LogP contribution < -0.4 is 16.4 Å². The Morgan fingerprint density at radius 1 is 1.39 bits per heavy atom. The van der Waals surface area contributed by atoms with Crippen LogP contribution >= 0.6 is 0 Å². The van der Waals surface area contributed by atoms with Crippen molar-refractivity contribution in [3.63, 3.8) is 0 Å². The van der Waals surface area contributed by atoms with Crippen LogP contribution in [0.1, 0.15) is 5.89 Å². The fourth-order valence-corrected chi connectivity index (χ4v) is 1.34. The number of carbonyl (C=O) groups excluding carboxylic acids is 1. The molecule has 94 valence electrons. The van der Waals surface area contributed by atoms with Crippen molar-refractivity contribution < 1.29 is 9.32 Å². The number of urea groups is 1. The first-order valence-corrected chi connectivity index (χ1v) is 5.15. The molecule has 0 radical (unpaired) electrons. The van der Waals surface area contributed by atoms with Gasteiger partial charge in [0, 0.05) is 19.5 Å². The van der Waals surface area contributed by atoms with E-state index in [1.165, 1.54) is 7.05 Å². The molecular formula is C10H12N6O2. The van der Waals surface area contributed by atoms with Gasteiger partial charge < -0.3 is 15.6 Å². The van der Waals surface area contributed by atoms with Gasteiger partial charge in [-0.1, -0.05) is 5.16 Å². The van der Waals surface area contributed by atoms with Crippen molar-refractivity contribution >= 4 is 17.7 Å². The number of carbonyl (C=O) groups is 1. The average Bonchev–Trinajstić information content (AvgIpc) is 2.75. The number of hydrogen-bond donors (Lipinski definition) is 3. The summed E-state index contributed by atoms with van der Waals surface area (Å²) in [5, 5.41) is 8.71. The maximum atomic E-state index is 11.2. The number of anilines is 2. The Balaban J connectivity index is 2.34. The van der Waals surface area contributed by atoms with Crippen molar-refractivity contribution in [3.8, 4) is 11.4 Å². The highest BCUT2D eigenvalue weighted by Gasteiger charge is 2.10. The van der Waals surface area contributed by atoms with Gasteiger partial charge in [-0.2, -0.15) is 4.98 Å². The van der Waals surface area contributed by atoms with Gasteiger partial charge in [-0.05, 0) is 12.1 Å². The summed E-state index contributed by atoms with van der Waals surface area (Å²) in [6.07, 6.45) is 0. The van der Waals surface area contributed by atoms with E-state index in [4.69, 9.17) is 10.3 Å². The van der Waals surface area contributed by atoms with Gasteiger partial charge >= 0.3 is 6.03 Å². The van der Waals surface area contributed by atoms with E-state index in [0.29, 0.717) is 23.1 Å². The minimum atomic E-state index is -0.386. The third kappa shape index (κ3) is 2.54. The topological polar surface area (TPSA) is 119 Å². The van der Waals surface area contributed by atoms with E-state index in [9.17, 15) is 4.79 Å². The summed E-state index contributed by atoms with van der Waals surface area (Å²) in [7, 11) is 1.51. The number of nitrogens with one attached hydrogen (secondary N) is 2. The molecule has 18 heavy (non-hydrogen) atoms. The molecule has 0 bridgehead atoms. The number of hydrogen-bond acceptors (Lipinski definition) is 6. The second-order valence-corrected chi connectivity index (χ2v) is 3.51. The predicted molar refractivity (Wildman–Crippen MR) is 64.8 cm³/mol. The molecule has 2 aromatic rings. The third-order valence-electron chi connectivity index (χ3n) is 2.10. The molecule has 0 saturated carbocycles. The summed E-state index contributed by atoms with van der Waals surface area (Å²) >= 11 is 0. The average molecular weight is 248 g/mol. The molecule has 0 fully saturated rings. The lowest BCUT2D eigenvalue weighted by Gasteiger charge is -2.05. The van der Waals surface area contributed by atoms with E-state index < -0.39 is 0 Å².